The average molecular weight is 560 g/mol. The summed E-state index contributed by atoms with van der Waals surface area (Å²) in [5, 5.41) is 12.5. The molecule has 3 nitrogen and oxygen atoms in total. The molecule has 4 rings (SSSR count). The highest BCUT2D eigenvalue weighted by Gasteiger charge is 2.12. The fourth-order valence-electron chi connectivity index (χ4n) is 4.04. The molecule has 0 saturated heterocycles. The van der Waals surface area contributed by atoms with Crippen molar-refractivity contribution < 1.29 is 18.8 Å². The Morgan fingerprint density at radius 1 is 0.634 bits per heavy atom. The van der Waals surface area contributed by atoms with Crippen LogP contribution in [-0.2, 0) is 12.8 Å². The van der Waals surface area contributed by atoms with Crippen molar-refractivity contribution in [2.24, 2.45) is 5.16 Å². The molecular weight excluding hydrogens is 516 g/mol. The second-order valence-electron chi connectivity index (χ2n) is 9.07. The highest BCUT2D eigenvalue weighted by atomic mass is 19.1. The van der Waals surface area contributed by atoms with Gasteiger partial charge in [-0.1, -0.05) is 93.5 Å². The third-order valence-corrected chi connectivity index (χ3v) is 6.51. The molecule has 0 aliphatic carbocycles. The summed E-state index contributed by atoms with van der Waals surface area (Å²) in [4.78, 5) is 12.1. The highest BCUT2D eigenvalue weighted by Crippen LogP contribution is 2.19. The third-order valence-electron chi connectivity index (χ3n) is 6.51. The predicted molar refractivity (Wildman–Crippen MR) is 167 cm³/mol. The van der Waals surface area contributed by atoms with E-state index in [-0.39, 0.29) is 23.8 Å². The van der Waals surface area contributed by atoms with Crippen molar-refractivity contribution in [2.45, 2.75) is 68.2 Å². The Bertz CT molecular complexity index is 1400. The molecule has 0 heterocycles. The zero-order chi connectivity index (χ0) is 30.9. The van der Waals surface area contributed by atoms with Crippen LogP contribution in [-0.4, -0.2) is 16.7 Å². The normalized spacial score (nSPS) is 10.2. The summed E-state index contributed by atoms with van der Waals surface area (Å²) in [6, 6.07) is 24.4. The van der Waals surface area contributed by atoms with Crippen molar-refractivity contribution in [1.29, 1.82) is 0 Å². The molecule has 0 saturated carbocycles. The molecule has 41 heavy (non-hydrogen) atoms. The SMILES string of the molecule is CC.CC.Cc1cc(F)cc(C/C(=N\O)c2ccccc2)c1C.Cc1cc(F)cc(CC(=O)c2ccccc2)c1C. The lowest BCUT2D eigenvalue weighted by Crippen LogP contribution is -2.07. The summed E-state index contributed by atoms with van der Waals surface area (Å²) >= 11 is 0. The van der Waals surface area contributed by atoms with Gasteiger partial charge in [0.1, 0.15) is 11.6 Å². The smallest absolute Gasteiger partial charge is 0.167 e. The number of carbonyl (C=O) groups excluding carboxylic acids is 1. The Morgan fingerprint density at radius 2 is 1.02 bits per heavy atom. The number of aryl methyl sites for hydroxylation is 2. The number of nitrogens with zero attached hydrogens (tertiary/aromatic N) is 1. The molecule has 4 aromatic rings. The van der Waals surface area contributed by atoms with Crippen molar-refractivity contribution in [1.82, 2.24) is 0 Å². The topological polar surface area (TPSA) is 49.7 Å². The minimum atomic E-state index is -0.283. The van der Waals surface area contributed by atoms with E-state index in [1.165, 1.54) is 24.3 Å². The lowest BCUT2D eigenvalue weighted by atomic mass is 9.96. The van der Waals surface area contributed by atoms with Gasteiger partial charge in [0.15, 0.2) is 5.78 Å². The Morgan fingerprint density at radius 3 is 1.44 bits per heavy atom. The molecule has 0 atom stereocenters. The fraction of sp³-hybridized carbons (Fsp3) is 0.278. The molecule has 0 aromatic heterocycles. The number of Topliss-reactive ketones (excluding diaryl/α,β-unsaturated/α-hetero) is 1. The van der Waals surface area contributed by atoms with Gasteiger partial charge in [-0.3, -0.25) is 4.79 Å². The minimum absolute atomic E-state index is 0.0173. The molecule has 0 radical (unpaired) electrons. The van der Waals surface area contributed by atoms with Crippen LogP contribution < -0.4 is 0 Å². The van der Waals surface area contributed by atoms with Crippen molar-refractivity contribution in [3.63, 3.8) is 0 Å². The van der Waals surface area contributed by atoms with Gasteiger partial charge in [0.25, 0.3) is 0 Å². The van der Waals surface area contributed by atoms with Gasteiger partial charge in [0, 0.05) is 18.4 Å². The molecule has 218 valence electrons. The van der Waals surface area contributed by atoms with Crippen LogP contribution in [0, 0.1) is 39.3 Å². The second kappa shape index (κ2) is 18.3. The first-order valence-electron chi connectivity index (χ1n) is 14.1. The summed E-state index contributed by atoms with van der Waals surface area (Å²) in [7, 11) is 0. The number of rotatable bonds is 6. The highest BCUT2D eigenvalue weighted by molar-refractivity contribution is 6.01. The van der Waals surface area contributed by atoms with Crippen molar-refractivity contribution >= 4 is 11.5 Å². The summed E-state index contributed by atoms with van der Waals surface area (Å²) in [5.41, 5.74) is 7.44. The van der Waals surface area contributed by atoms with Crippen molar-refractivity contribution in [3.05, 3.63) is 141 Å². The molecule has 0 amide bonds. The average Bonchev–Trinajstić information content (AvgIpc) is 3.00. The number of carbonyl (C=O) groups is 1. The number of oxime groups is 1. The molecule has 0 aliphatic rings. The van der Waals surface area contributed by atoms with Crippen molar-refractivity contribution in [3.8, 4) is 0 Å². The first kappa shape index (κ1) is 34.9. The van der Waals surface area contributed by atoms with E-state index in [0.717, 1.165) is 38.9 Å². The van der Waals surface area contributed by atoms with Crippen LogP contribution in [0.1, 0.15) is 77.0 Å². The van der Waals surface area contributed by atoms with E-state index >= 15 is 0 Å². The largest absolute Gasteiger partial charge is 0.411 e. The van der Waals surface area contributed by atoms with Crippen LogP contribution in [0.3, 0.4) is 0 Å². The monoisotopic (exact) mass is 559 g/mol. The Balaban J connectivity index is 0.000000366. The van der Waals surface area contributed by atoms with E-state index in [1.54, 1.807) is 12.1 Å². The molecule has 4 aromatic carbocycles. The van der Waals surface area contributed by atoms with Crippen LogP contribution in [0.2, 0.25) is 0 Å². The first-order valence-corrected chi connectivity index (χ1v) is 14.1. The van der Waals surface area contributed by atoms with Gasteiger partial charge < -0.3 is 5.21 Å². The van der Waals surface area contributed by atoms with Gasteiger partial charge in [-0.25, -0.2) is 8.78 Å². The number of halogens is 2. The Hall–Kier alpha value is -4.12. The Kier molecular flexibility index (Phi) is 15.6. The molecule has 0 fully saturated rings. The lowest BCUT2D eigenvalue weighted by molar-refractivity contribution is 0.0992. The standard InChI is InChI=1S/C16H16FNO.C16H15FO.2C2H6/c1-11-8-15(17)9-14(12(11)2)10-16(18-19)13-6-4-3-5-7-13;1-11-8-15(17)9-14(12(11)2)10-16(18)13-6-4-3-5-7-13;2*1-2/h3-9,19H,10H2,1-2H3;3-9H,10H2,1-2H3;2*1-2H3/b18-16+;;;. The molecule has 5 heteroatoms. The fourth-order valence-corrected chi connectivity index (χ4v) is 4.04. The summed E-state index contributed by atoms with van der Waals surface area (Å²) in [6.45, 7) is 15.6. The van der Waals surface area contributed by atoms with Crippen LogP contribution in [0.25, 0.3) is 0 Å². The summed E-state index contributed by atoms with van der Waals surface area (Å²) < 4.78 is 26.8. The first-order chi connectivity index (χ1) is 19.7. The van der Waals surface area contributed by atoms with Gasteiger partial charge in [-0.05, 0) is 90.9 Å². The maximum Gasteiger partial charge on any atom is 0.167 e. The van der Waals surface area contributed by atoms with Crippen LogP contribution in [0.4, 0.5) is 8.78 Å². The van der Waals surface area contributed by atoms with E-state index in [2.05, 4.69) is 5.16 Å². The molecule has 0 bridgehead atoms. The van der Waals surface area contributed by atoms with Gasteiger partial charge in [-0.2, -0.15) is 0 Å². The van der Waals surface area contributed by atoms with Crippen LogP contribution >= 0.6 is 0 Å². The third kappa shape index (κ3) is 10.8. The quantitative estimate of drug-likeness (QED) is 0.111. The zero-order valence-electron chi connectivity index (χ0n) is 25.6. The molecule has 0 spiro atoms. The van der Waals surface area contributed by atoms with E-state index in [1.807, 2.05) is 104 Å². The van der Waals surface area contributed by atoms with Crippen LogP contribution in [0.5, 0.6) is 0 Å². The molecule has 1 N–H and O–H groups in total. The van der Waals surface area contributed by atoms with Crippen LogP contribution in [0.15, 0.2) is 90.1 Å². The van der Waals surface area contributed by atoms with Gasteiger partial charge in [0.05, 0.1) is 5.71 Å². The van der Waals surface area contributed by atoms with E-state index in [9.17, 15) is 13.6 Å². The maximum atomic E-state index is 13.5. The van der Waals surface area contributed by atoms with E-state index < -0.39 is 0 Å². The van der Waals surface area contributed by atoms with Gasteiger partial charge in [-0.15, -0.1) is 0 Å². The molecular formula is C36H43F2NO2. The maximum absolute atomic E-state index is 13.5. The number of hydrogen-bond acceptors (Lipinski definition) is 3. The van der Waals surface area contributed by atoms with Gasteiger partial charge >= 0.3 is 0 Å². The van der Waals surface area contributed by atoms with E-state index in [0.29, 0.717) is 17.7 Å². The second-order valence-corrected chi connectivity index (χ2v) is 9.07. The number of ketones is 1. The summed E-state index contributed by atoms with van der Waals surface area (Å²) in [6.07, 6.45) is 0.652. The number of benzene rings is 4. The zero-order valence-corrected chi connectivity index (χ0v) is 25.6. The summed E-state index contributed by atoms with van der Waals surface area (Å²) in [5.74, 6) is -0.527. The Labute approximate surface area is 244 Å². The van der Waals surface area contributed by atoms with Crippen molar-refractivity contribution in [2.75, 3.05) is 0 Å². The lowest BCUT2D eigenvalue weighted by Gasteiger charge is -2.10. The molecule has 0 aliphatic heterocycles. The van der Waals surface area contributed by atoms with E-state index in [4.69, 9.17) is 5.21 Å². The van der Waals surface area contributed by atoms with Gasteiger partial charge in [0.2, 0.25) is 0 Å². The molecule has 0 unspecified atom stereocenters. The number of hydrogen-bond donors (Lipinski definition) is 1. The minimum Gasteiger partial charge on any atom is -0.411 e. The predicted octanol–water partition coefficient (Wildman–Crippen LogP) is 9.78.